The molecule has 0 atom stereocenters. The molecule has 0 unspecified atom stereocenters. The van der Waals surface area contributed by atoms with Gasteiger partial charge in [-0.15, -0.1) is 0 Å². The molecule has 0 aliphatic rings. The van der Waals surface area contributed by atoms with Gasteiger partial charge in [-0.25, -0.2) is 9.97 Å². The summed E-state index contributed by atoms with van der Waals surface area (Å²) in [4.78, 5) is 11.1. The predicted molar refractivity (Wildman–Crippen MR) is 80.7 cm³/mol. The Morgan fingerprint density at radius 2 is 1.79 bits per heavy atom. The molecule has 0 amide bonds. The van der Waals surface area contributed by atoms with Gasteiger partial charge in [0.25, 0.3) is 0 Å². The fourth-order valence-corrected chi connectivity index (χ4v) is 1.86. The molecule has 0 saturated heterocycles. The zero-order chi connectivity index (χ0) is 13.8. The van der Waals surface area contributed by atoms with Gasteiger partial charge in [-0.05, 0) is 12.1 Å². The SMILES string of the molecule is CCc1nc(NC)cc(-c2ccc(N(C)C)cc2)n1. The first-order valence-corrected chi connectivity index (χ1v) is 6.47. The number of nitrogens with one attached hydrogen (secondary N) is 1. The van der Waals surface area contributed by atoms with Gasteiger partial charge < -0.3 is 10.2 Å². The summed E-state index contributed by atoms with van der Waals surface area (Å²) in [6, 6.07) is 10.4. The zero-order valence-corrected chi connectivity index (χ0v) is 11.9. The lowest BCUT2D eigenvalue weighted by molar-refractivity contribution is 0.945. The number of aromatic nitrogens is 2. The third kappa shape index (κ3) is 3.02. The van der Waals surface area contributed by atoms with Crippen LogP contribution < -0.4 is 10.2 Å². The first kappa shape index (κ1) is 13.3. The Morgan fingerprint density at radius 1 is 1.11 bits per heavy atom. The lowest BCUT2D eigenvalue weighted by Crippen LogP contribution is -2.08. The van der Waals surface area contributed by atoms with Crippen molar-refractivity contribution in [2.24, 2.45) is 0 Å². The van der Waals surface area contributed by atoms with Crippen molar-refractivity contribution >= 4 is 11.5 Å². The molecule has 1 aromatic heterocycles. The normalized spacial score (nSPS) is 10.3. The van der Waals surface area contributed by atoms with Crippen molar-refractivity contribution < 1.29 is 0 Å². The average molecular weight is 256 g/mol. The van der Waals surface area contributed by atoms with Crippen molar-refractivity contribution in [3.8, 4) is 11.3 Å². The van der Waals surface area contributed by atoms with Crippen molar-refractivity contribution in [3.63, 3.8) is 0 Å². The van der Waals surface area contributed by atoms with Gasteiger partial charge in [-0.3, -0.25) is 0 Å². The molecule has 0 bridgehead atoms. The number of anilines is 2. The smallest absolute Gasteiger partial charge is 0.131 e. The quantitative estimate of drug-likeness (QED) is 0.913. The molecular formula is C15H20N4. The van der Waals surface area contributed by atoms with Crippen LogP contribution in [0.2, 0.25) is 0 Å². The number of aryl methyl sites for hydroxylation is 1. The van der Waals surface area contributed by atoms with Gasteiger partial charge in [0.15, 0.2) is 0 Å². The summed E-state index contributed by atoms with van der Waals surface area (Å²) < 4.78 is 0. The van der Waals surface area contributed by atoms with E-state index in [2.05, 4.69) is 51.4 Å². The van der Waals surface area contributed by atoms with Crippen LogP contribution >= 0.6 is 0 Å². The highest BCUT2D eigenvalue weighted by Crippen LogP contribution is 2.22. The monoisotopic (exact) mass is 256 g/mol. The van der Waals surface area contributed by atoms with Crippen LogP contribution in [0.5, 0.6) is 0 Å². The van der Waals surface area contributed by atoms with Crippen LogP contribution in [0.15, 0.2) is 30.3 Å². The summed E-state index contributed by atoms with van der Waals surface area (Å²) in [5.41, 5.74) is 3.25. The molecule has 0 fully saturated rings. The predicted octanol–water partition coefficient (Wildman–Crippen LogP) is 2.81. The second-order valence-corrected chi connectivity index (χ2v) is 4.60. The maximum Gasteiger partial charge on any atom is 0.131 e. The number of benzene rings is 1. The average Bonchev–Trinajstić information content (AvgIpc) is 2.46. The maximum atomic E-state index is 4.58. The lowest BCUT2D eigenvalue weighted by atomic mass is 10.1. The molecule has 2 rings (SSSR count). The third-order valence-electron chi connectivity index (χ3n) is 3.02. The van der Waals surface area contributed by atoms with E-state index in [-0.39, 0.29) is 0 Å². The van der Waals surface area contributed by atoms with E-state index in [1.807, 2.05) is 27.2 Å². The number of rotatable bonds is 4. The molecule has 1 aromatic carbocycles. The molecule has 100 valence electrons. The Kier molecular flexibility index (Phi) is 4.00. The van der Waals surface area contributed by atoms with Crippen molar-refractivity contribution in [1.29, 1.82) is 0 Å². The summed E-state index contributed by atoms with van der Waals surface area (Å²) in [6.45, 7) is 2.06. The van der Waals surface area contributed by atoms with Crippen LogP contribution in [0.1, 0.15) is 12.7 Å². The second-order valence-electron chi connectivity index (χ2n) is 4.60. The molecule has 0 saturated carbocycles. The molecule has 1 heterocycles. The Balaban J connectivity index is 2.40. The fourth-order valence-electron chi connectivity index (χ4n) is 1.86. The Bertz CT molecular complexity index is 524. The standard InChI is InChI=1S/C15H20N4/c1-5-14-17-13(10-15(16-2)18-14)11-6-8-12(9-7-11)19(3)4/h6-10H,5H2,1-4H3,(H,16,17,18). The summed E-state index contributed by atoms with van der Waals surface area (Å²) in [5, 5.41) is 3.08. The Morgan fingerprint density at radius 3 is 2.32 bits per heavy atom. The van der Waals surface area contributed by atoms with Crippen molar-refractivity contribution in [1.82, 2.24) is 9.97 Å². The summed E-state index contributed by atoms with van der Waals surface area (Å²) in [6.07, 6.45) is 0.832. The molecule has 4 heteroatoms. The van der Waals surface area contributed by atoms with Gasteiger partial charge in [-0.1, -0.05) is 19.1 Å². The van der Waals surface area contributed by atoms with Gasteiger partial charge >= 0.3 is 0 Å². The van der Waals surface area contributed by atoms with E-state index >= 15 is 0 Å². The maximum absolute atomic E-state index is 4.58. The van der Waals surface area contributed by atoms with Gasteiger partial charge in [0, 0.05) is 44.9 Å². The minimum Gasteiger partial charge on any atom is -0.378 e. The van der Waals surface area contributed by atoms with E-state index in [1.165, 1.54) is 5.69 Å². The number of nitrogens with zero attached hydrogens (tertiary/aromatic N) is 3. The van der Waals surface area contributed by atoms with Crippen LogP contribution in [-0.2, 0) is 6.42 Å². The van der Waals surface area contributed by atoms with E-state index in [9.17, 15) is 0 Å². The van der Waals surface area contributed by atoms with Crippen molar-refractivity contribution in [2.45, 2.75) is 13.3 Å². The van der Waals surface area contributed by atoms with E-state index < -0.39 is 0 Å². The van der Waals surface area contributed by atoms with E-state index in [0.717, 1.165) is 29.3 Å². The molecule has 0 radical (unpaired) electrons. The minimum atomic E-state index is 0.832. The first-order valence-electron chi connectivity index (χ1n) is 6.47. The highest BCUT2D eigenvalue weighted by atomic mass is 15.1. The van der Waals surface area contributed by atoms with Gasteiger partial charge in [0.1, 0.15) is 11.6 Å². The fraction of sp³-hybridized carbons (Fsp3) is 0.333. The zero-order valence-electron chi connectivity index (χ0n) is 11.9. The van der Waals surface area contributed by atoms with E-state index in [1.54, 1.807) is 0 Å². The van der Waals surface area contributed by atoms with E-state index in [0.29, 0.717) is 0 Å². The van der Waals surface area contributed by atoms with Crippen LogP contribution in [0.3, 0.4) is 0 Å². The van der Waals surface area contributed by atoms with Gasteiger partial charge in [0.2, 0.25) is 0 Å². The number of hydrogen-bond acceptors (Lipinski definition) is 4. The summed E-state index contributed by atoms with van der Waals surface area (Å²) >= 11 is 0. The van der Waals surface area contributed by atoms with Crippen LogP contribution in [0.4, 0.5) is 11.5 Å². The second kappa shape index (κ2) is 5.69. The third-order valence-corrected chi connectivity index (χ3v) is 3.02. The molecule has 1 N–H and O–H groups in total. The molecule has 0 spiro atoms. The molecule has 4 nitrogen and oxygen atoms in total. The Labute approximate surface area is 114 Å². The highest BCUT2D eigenvalue weighted by molar-refractivity contribution is 5.65. The highest BCUT2D eigenvalue weighted by Gasteiger charge is 2.05. The van der Waals surface area contributed by atoms with Crippen LogP contribution in [-0.4, -0.2) is 31.1 Å². The first-order chi connectivity index (χ1) is 9.13. The molecule has 0 aliphatic heterocycles. The van der Waals surface area contributed by atoms with Gasteiger partial charge in [-0.2, -0.15) is 0 Å². The number of hydrogen-bond donors (Lipinski definition) is 1. The minimum absolute atomic E-state index is 0.832. The largest absolute Gasteiger partial charge is 0.378 e. The summed E-state index contributed by atoms with van der Waals surface area (Å²) in [7, 11) is 5.95. The van der Waals surface area contributed by atoms with Crippen LogP contribution in [0.25, 0.3) is 11.3 Å². The molecular weight excluding hydrogens is 236 g/mol. The van der Waals surface area contributed by atoms with Crippen molar-refractivity contribution in [3.05, 3.63) is 36.2 Å². The topological polar surface area (TPSA) is 41.1 Å². The van der Waals surface area contributed by atoms with Gasteiger partial charge in [0.05, 0.1) is 5.69 Å². The summed E-state index contributed by atoms with van der Waals surface area (Å²) in [5.74, 6) is 1.72. The molecule has 0 aliphatic carbocycles. The molecule has 19 heavy (non-hydrogen) atoms. The molecule has 2 aromatic rings. The van der Waals surface area contributed by atoms with Crippen molar-refractivity contribution in [2.75, 3.05) is 31.4 Å². The Hall–Kier alpha value is -2.10. The lowest BCUT2D eigenvalue weighted by Gasteiger charge is -2.13. The van der Waals surface area contributed by atoms with E-state index in [4.69, 9.17) is 0 Å². The van der Waals surface area contributed by atoms with Crippen LogP contribution in [0, 0.1) is 0 Å².